The molecule has 0 aliphatic carbocycles. The van der Waals surface area contributed by atoms with Crippen molar-refractivity contribution < 1.29 is 19.0 Å². The lowest BCUT2D eigenvalue weighted by Crippen LogP contribution is -2.21. The van der Waals surface area contributed by atoms with Gasteiger partial charge in [-0.1, -0.05) is 12.1 Å². The zero-order chi connectivity index (χ0) is 17.5. The van der Waals surface area contributed by atoms with Crippen molar-refractivity contribution in [1.82, 2.24) is 5.32 Å². The Morgan fingerprint density at radius 3 is 2.60 bits per heavy atom. The highest BCUT2D eigenvalue weighted by Gasteiger charge is 2.12. The van der Waals surface area contributed by atoms with E-state index in [4.69, 9.17) is 14.2 Å². The summed E-state index contributed by atoms with van der Waals surface area (Å²) in [5.74, 6) is 2.17. The highest BCUT2D eigenvalue weighted by molar-refractivity contribution is 5.91. The van der Waals surface area contributed by atoms with Gasteiger partial charge in [-0.25, -0.2) is 0 Å². The molecule has 3 rings (SSSR count). The van der Waals surface area contributed by atoms with Crippen LogP contribution in [0.2, 0.25) is 0 Å². The van der Waals surface area contributed by atoms with E-state index in [9.17, 15) is 4.79 Å². The van der Waals surface area contributed by atoms with Gasteiger partial charge in [0.1, 0.15) is 19.0 Å². The highest BCUT2D eigenvalue weighted by atomic mass is 16.6. The Hall–Kier alpha value is -2.73. The second-order valence-corrected chi connectivity index (χ2v) is 5.68. The maximum atomic E-state index is 12.0. The van der Waals surface area contributed by atoms with E-state index in [1.54, 1.807) is 13.2 Å². The van der Waals surface area contributed by atoms with Gasteiger partial charge in [-0.15, -0.1) is 0 Å². The molecule has 0 saturated carbocycles. The van der Waals surface area contributed by atoms with E-state index in [0.29, 0.717) is 49.9 Å². The Labute approximate surface area is 147 Å². The van der Waals surface area contributed by atoms with Crippen LogP contribution in [0.1, 0.15) is 12.0 Å². The number of anilines is 1. The summed E-state index contributed by atoms with van der Waals surface area (Å²) in [5, 5.41) is 6.13. The maximum Gasteiger partial charge on any atom is 0.225 e. The molecule has 6 nitrogen and oxygen atoms in total. The number of carbonyl (C=O) groups excluding carboxylic acids is 1. The average Bonchev–Trinajstić information content (AvgIpc) is 2.65. The molecule has 0 aromatic heterocycles. The number of ether oxygens (including phenoxy) is 3. The molecule has 25 heavy (non-hydrogen) atoms. The molecule has 0 bridgehead atoms. The lowest BCUT2D eigenvalue weighted by atomic mass is 10.2. The Balaban J connectivity index is 1.40. The topological polar surface area (TPSA) is 68.8 Å². The molecule has 0 spiro atoms. The number of amides is 1. The molecule has 0 atom stereocenters. The van der Waals surface area contributed by atoms with Gasteiger partial charge in [0.25, 0.3) is 0 Å². The highest BCUT2D eigenvalue weighted by Crippen LogP contribution is 2.32. The monoisotopic (exact) mass is 342 g/mol. The number of hydrogen-bond donors (Lipinski definition) is 2. The molecule has 6 heteroatoms. The number of fused-ring (bicyclic) bond motifs is 1. The van der Waals surface area contributed by atoms with Crippen LogP contribution in [0.4, 0.5) is 5.69 Å². The zero-order valence-corrected chi connectivity index (χ0v) is 14.2. The van der Waals surface area contributed by atoms with Crippen LogP contribution in [-0.4, -0.2) is 32.8 Å². The molecule has 2 N–H and O–H groups in total. The smallest absolute Gasteiger partial charge is 0.225 e. The molecule has 2 aromatic rings. The summed E-state index contributed by atoms with van der Waals surface area (Å²) in [5.41, 5.74) is 1.86. The number of hydrogen-bond acceptors (Lipinski definition) is 5. The largest absolute Gasteiger partial charge is 0.497 e. The Bertz CT molecular complexity index is 716. The van der Waals surface area contributed by atoms with Crippen molar-refractivity contribution in [3.05, 3.63) is 48.0 Å². The molecule has 1 aliphatic heterocycles. The minimum Gasteiger partial charge on any atom is -0.497 e. The van der Waals surface area contributed by atoms with Gasteiger partial charge in [0.05, 0.1) is 7.11 Å². The van der Waals surface area contributed by atoms with Crippen LogP contribution in [0.5, 0.6) is 17.2 Å². The molecular formula is C19H22N2O4. The lowest BCUT2D eigenvalue weighted by molar-refractivity contribution is -0.116. The number of nitrogens with one attached hydrogen (secondary N) is 2. The van der Waals surface area contributed by atoms with Crippen LogP contribution in [0.25, 0.3) is 0 Å². The Morgan fingerprint density at radius 2 is 1.84 bits per heavy atom. The maximum absolute atomic E-state index is 12.0. The molecule has 1 aliphatic rings. The van der Waals surface area contributed by atoms with Crippen LogP contribution in [0.3, 0.4) is 0 Å². The van der Waals surface area contributed by atoms with Gasteiger partial charge >= 0.3 is 0 Å². The summed E-state index contributed by atoms with van der Waals surface area (Å²) >= 11 is 0. The SMILES string of the molecule is COc1ccc(CNCCC(=O)Nc2ccc3c(c2)OCCO3)cc1. The van der Waals surface area contributed by atoms with Gasteiger partial charge in [0, 0.05) is 31.3 Å². The molecule has 132 valence electrons. The van der Waals surface area contributed by atoms with Gasteiger partial charge in [0.2, 0.25) is 5.91 Å². The second-order valence-electron chi connectivity index (χ2n) is 5.68. The first kappa shape index (κ1) is 17.1. The molecular weight excluding hydrogens is 320 g/mol. The zero-order valence-electron chi connectivity index (χ0n) is 14.2. The fraction of sp³-hybridized carbons (Fsp3) is 0.316. The van der Waals surface area contributed by atoms with Gasteiger partial charge in [-0.3, -0.25) is 4.79 Å². The van der Waals surface area contributed by atoms with Crippen molar-refractivity contribution in [2.75, 3.05) is 32.2 Å². The van der Waals surface area contributed by atoms with E-state index in [0.717, 1.165) is 11.3 Å². The third kappa shape index (κ3) is 4.87. The number of benzene rings is 2. The summed E-state index contributed by atoms with van der Waals surface area (Å²) in [6, 6.07) is 13.3. The van der Waals surface area contributed by atoms with E-state index in [2.05, 4.69) is 10.6 Å². The Kier molecular flexibility index (Phi) is 5.74. The van der Waals surface area contributed by atoms with Crippen LogP contribution >= 0.6 is 0 Å². The molecule has 0 radical (unpaired) electrons. The molecule has 0 saturated heterocycles. The fourth-order valence-electron chi connectivity index (χ4n) is 2.52. The summed E-state index contributed by atoms with van der Waals surface area (Å²) < 4.78 is 16.1. The standard InChI is InChI=1S/C19H22N2O4/c1-23-16-5-2-14(3-6-16)13-20-9-8-19(22)21-15-4-7-17-18(12-15)25-11-10-24-17/h2-7,12,20H,8-11,13H2,1H3,(H,21,22). The van der Waals surface area contributed by atoms with Gasteiger partial charge in [-0.2, -0.15) is 0 Å². The first-order valence-corrected chi connectivity index (χ1v) is 8.28. The molecule has 1 amide bonds. The van der Waals surface area contributed by atoms with Gasteiger partial charge in [0.15, 0.2) is 11.5 Å². The van der Waals surface area contributed by atoms with Crippen LogP contribution < -0.4 is 24.8 Å². The summed E-state index contributed by atoms with van der Waals surface area (Å²) in [4.78, 5) is 12.0. The van der Waals surface area contributed by atoms with Crippen molar-refractivity contribution in [3.8, 4) is 17.2 Å². The van der Waals surface area contributed by atoms with Crippen molar-refractivity contribution >= 4 is 11.6 Å². The predicted octanol–water partition coefficient (Wildman–Crippen LogP) is 2.58. The fourth-order valence-corrected chi connectivity index (χ4v) is 2.52. The van der Waals surface area contributed by atoms with Crippen LogP contribution in [-0.2, 0) is 11.3 Å². The normalized spacial score (nSPS) is 12.5. The molecule has 0 unspecified atom stereocenters. The van der Waals surface area contributed by atoms with Crippen LogP contribution in [0.15, 0.2) is 42.5 Å². The van der Waals surface area contributed by atoms with Crippen molar-refractivity contribution in [3.63, 3.8) is 0 Å². The third-order valence-corrected chi connectivity index (χ3v) is 3.84. The summed E-state index contributed by atoms with van der Waals surface area (Å²) in [7, 11) is 1.65. The number of methoxy groups -OCH3 is 1. The average molecular weight is 342 g/mol. The Morgan fingerprint density at radius 1 is 1.08 bits per heavy atom. The quantitative estimate of drug-likeness (QED) is 0.757. The minimum atomic E-state index is -0.0427. The van der Waals surface area contributed by atoms with Crippen LogP contribution in [0, 0.1) is 0 Å². The van der Waals surface area contributed by atoms with Gasteiger partial charge < -0.3 is 24.8 Å². The van der Waals surface area contributed by atoms with E-state index in [-0.39, 0.29) is 5.91 Å². The van der Waals surface area contributed by atoms with Crippen molar-refractivity contribution in [1.29, 1.82) is 0 Å². The number of carbonyl (C=O) groups is 1. The number of rotatable bonds is 7. The first-order chi connectivity index (χ1) is 12.2. The second kappa shape index (κ2) is 8.39. The molecule has 0 fully saturated rings. The summed E-state index contributed by atoms with van der Waals surface area (Å²) in [6.45, 7) is 2.39. The van der Waals surface area contributed by atoms with E-state index in [1.165, 1.54) is 0 Å². The van der Waals surface area contributed by atoms with Crippen molar-refractivity contribution in [2.45, 2.75) is 13.0 Å². The molecule has 2 aromatic carbocycles. The van der Waals surface area contributed by atoms with E-state index >= 15 is 0 Å². The third-order valence-electron chi connectivity index (χ3n) is 3.84. The first-order valence-electron chi connectivity index (χ1n) is 8.28. The predicted molar refractivity (Wildman–Crippen MR) is 95.4 cm³/mol. The van der Waals surface area contributed by atoms with E-state index in [1.807, 2.05) is 36.4 Å². The lowest BCUT2D eigenvalue weighted by Gasteiger charge is -2.19. The van der Waals surface area contributed by atoms with Gasteiger partial charge in [-0.05, 0) is 29.8 Å². The van der Waals surface area contributed by atoms with Crippen molar-refractivity contribution in [2.24, 2.45) is 0 Å². The summed E-state index contributed by atoms with van der Waals surface area (Å²) in [6.07, 6.45) is 0.393. The van der Waals surface area contributed by atoms with E-state index < -0.39 is 0 Å². The molecule has 1 heterocycles. The minimum absolute atomic E-state index is 0.0427.